The third kappa shape index (κ3) is 4.18. The molecule has 2 N–H and O–H groups in total. The van der Waals surface area contributed by atoms with Gasteiger partial charge in [0.1, 0.15) is 5.56 Å². The van der Waals surface area contributed by atoms with Crippen molar-refractivity contribution in [2.45, 2.75) is 24.8 Å². The van der Waals surface area contributed by atoms with E-state index in [1.54, 1.807) is 13.0 Å². The Bertz CT molecular complexity index is 536. The van der Waals surface area contributed by atoms with Crippen molar-refractivity contribution >= 4 is 16.0 Å². The molecule has 106 valence electrons. The second-order valence-electron chi connectivity index (χ2n) is 3.66. The molecule has 0 aliphatic heterocycles. The van der Waals surface area contributed by atoms with E-state index in [1.807, 2.05) is 0 Å². The van der Waals surface area contributed by atoms with Crippen molar-refractivity contribution < 1.29 is 17.9 Å². The van der Waals surface area contributed by atoms with Crippen molar-refractivity contribution in [3.63, 3.8) is 0 Å². The Labute approximate surface area is 112 Å². The highest BCUT2D eigenvalue weighted by Crippen LogP contribution is 2.13. The maximum absolute atomic E-state index is 12.0. The second kappa shape index (κ2) is 7.05. The van der Waals surface area contributed by atoms with Crippen molar-refractivity contribution in [3.8, 4) is 0 Å². The van der Waals surface area contributed by atoms with Gasteiger partial charge in [-0.15, -0.1) is 6.58 Å². The van der Waals surface area contributed by atoms with Crippen LogP contribution in [0, 0.1) is 0 Å². The third-order valence-corrected chi connectivity index (χ3v) is 3.68. The molecule has 19 heavy (non-hydrogen) atoms. The lowest BCUT2D eigenvalue weighted by Gasteiger charge is -2.06. The molecule has 7 nitrogen and oxygen atoms in total. The predicted octanol–water partition coefficient (Wildman–Crippen LogP) is 0.831. The van der Waals surface area contributed by atoms with Gasteiger partial charge in [-0.05, 0) is 19.8 Å². The molecule has 1 heterocycles. The lowest BCUT2D eigenvalue weighted by molar-refractivity contribution is 0.0522. The van der Waals surface area contributed by atoms with Crippen LogP contribution in [-0.2, 0) is 14.8 Å². The Hall–Kier alpha value is -1.67. The highest BCUT2D eigenvalue weighted by Gasteiger charge is 2.25. The van der Waals surface area contributed by atoms with E-state index in [4.69, 9.17) is 4.74 Å². The molecule has 0 spiro atoms. The van der Waals surface area contributed by atoms with Crippen LogP contribution in [0.3, 0.4) is 0 Å². The molecule has 0 bridgehead atoms. The minimum absolute atomic E-state index is 0.0990. The molecule has 0 aromatic carbocycles. The SMILES string of the molecule is C=CCCCNS(=O)(=O)c1[nH]ncc1C(=O)OCC. The number of hydrogen-bond donors (Lipinski definition) is 2. The number of allylic oxidation sites excluding steroid dienone is 1. The summed E-state index contributed by atoms with van der Waals surface area (Å²) in [7, 11) is -3.79. The summed E-state index contributed by atoms with van der Waals surface area (Å²) in [5.41, 5.74) is -0.0990. The standard InChI is InChI=1S/C11H17N3O4S/c1-3-5-6-7-13-19(16,17)10-9(8-12-14-10)11(15)18-4-2/h3,8,13H,1,4-7H2,2H3,(H,12,14). The van der Waals surface area contributed by atoms with Gasteiger partial charge in [-0.2, -0.15) is 5.10 Å². The van der Waals surface area contributed by atoms with Crippen LogP contribution in [0.1, 0.15) is 30.1 Å². The molecule has 0 aliphatic carbocycles. The first-order chi connectivity index (χ1) is 9.03. The van der Waals surface area contributed by atoms with Gasteiger partial charge in [-0.1, -0.05) is 6.08 Å². The highest BCUT2D eigenvalue weighted by atomic mass is 32.2. The Morgan fingerprint density at radius 1 is 1.63 bits per heavy atom. The molecule has 8 heteroatoms. The predicted molar refractivity (Wildman–Crippen MR) is 69.2 cm³/mol. The summed E-state index contributed by atoms with van der Waals surface area (Å²) in [5, 5.41) is 5.61. The van der Waals surface area contributed by atoms with Crippen molar-refractivity contribution in [1.82, 2.24) is 14.9 Å². The van der Waals surface area contributed by atoms with Crippen LogP contribution < -0.4 is 4.72 Å². The maximum Gasteiger partial charge on any atom is 0.342 e. The molecule has 1 rings (SSSR count). The van der Waals surface area contributed by atoms with Gasteiger partial charge in [0.15, 0.2) is 5.03 Å². The van der Waals surface area contributed by atoms with Crippen molar-refractivity contribution in [2.75, 3.05) is 13.2 Å². The number of carbonyl (C=O) groups is 1. The summed E-state index contributed by atoms with van der Waals surface area (Å²) in [6.45, 7) is 5.61. The van der Waals surface area contributed by atoms with Gasteiger partial charge in [0.25, 0.3) is 10.0 Å². The van der Waals surface area contributed by atoms with Gasteiger partial charge in [-0.3, -0.25) is 5.10 Å². The molecule has 0 fully saturated rings. The number of aromatic nitrogens is 2. The molecule has 1 aromatic rings. The topological polar surface area (TPSA) is 101 Å². The van der Waals surface area contributed by atoms with E-state index in [0.29, 0.717) is 12.8 Å². The minimum Gasteiger partial charge on any atom is -0.462 e. The summed E-state index contributed by atoms with van der Waals surface area (Å²) in [5.74, 6) is -0.720. The van der Waals surface area contributed by atoms with Crippen LogP contribution in [-0.4, -0.2) is 37.7 Å². The van der Waals surface area contributed by atoms with Crippen molar-refractivity contribution in [2.24, 2.45) is 0 Å². The van der Waals surface area contributed by atoms with Crippen molar-refractivity contribution in [3.05, 3.63) is 24.4 Å². The van der Waals surface area contributed by atoms with Crippen molar-refractivity contribution in [1.29, 1.82) is 0 Å². The smallest absolute Gasteiger partial charge is 0.342 e. The second-order valence-corrected chi connectivity index (χ2v) is 5.37. The van der Waals surface area contributed by atoms with E-state index in [9.17, 15) is 13.2 Å². The quantitative estimate of drug-likeness (QED) is 0.419. The summed E-state index contributed by atoms with van der Waals surface area (Å²) in [4.78, 5) is 11.6. The van der Waals surface area contributed by atoms with Gasteiger partial charge in [0, 0.05) is 6.54 Å². The number of unbranched alkanes of at least 4 members (excludes halogenated alkanes) is 1. The van der Waals surface area contributed by atoms with E-state index in [1.165, 1.54) is 0 Å². The molecular weight excluding hydrogens is 270 g/mol. The molecular formula is C11H17N3O4S. The van der Waals surface area contributed by atoms with Crippen LogP contribution in [0.5, 0.6) is 0 Å². The van der Waals surface area contributed by atoms with E-state index in [-0.39, 0.29) is 23.7 Å². The number of aromatic amines is 1. The number of rotatable bonds is 8. The van der Waals surface area contributed by atoms with Gasteiger partial charge in [0.05, 0.1) is 12.8 Å². The number of esters is 1. The lowest BCUT2D eigenvalue weighted by atomic mass is 10.3. The number of hydrogen-bond acceptors (Lipinski definition) is 5. The fraction of sp³-hybridized carbons (Fsp3) is 0.455. The molecule has 0 radical (unpaired) electrons. The van der Waals surface area contributed by atoms with E-state index in [0.717, 1.165) is 6.20 Å². The van der Waals surface area contributed by atoms with E-state index in [2.05, 4.69) is 21.5 Å². The monoisotopic (exact) mass is 287 g/mol. The van der Waals surface area contributed by atoms with Gasteiger partial charge in [-0.25, -0.2) is 17.9 Å². The number of sulfonamides is 1. The molecule has 0 unspecified atom stereocenters. The Balaban J connectivity index is 2.81. The summed E-state index contributed by atoms with van der Waals surface area (Å²) >= 11 is 0. The number of nitrogens with one attached hydrogen (secondary N) is 2. The summed E-state index contributed by atoms with van der Waals surface area (Å²) in [6, 6.07) is 0. The van der Waals surface area contributed by atoms with Crippen LogP contribution in [0.2, 0.25) is 0 Å². The molecule has 0 atom stereocenters. The number of carbonyl (C=O) groups excluding carboxylic acids is 1. The normalized spacial score (nSPS) is 11.2. The van der Waals surface area contributed by atoms with Crippen LogP contribution in [0.4, 0.5) is 0 Å². The van der Waals surface area contributed by atoms with Gasteiger partial charge in [0.2, 0.25) is 0 Å². The summed E-state index contributed by atoms with van der Waals surface area (Å²) < 4.78 is 31.1. The maximum atomic E-state index is 12.0. The summed E-state index contributed by atoms with van der Waals surface area (Å²) in [6.07, 6.45) is 4.17. The zero-order chi connectivity index (χ0) is 14.3. The molecule has 0 amide bonds. The van der Waals surface area contributed by atoms with Crippen LogP contribution in [0.15, 0.2) is 23.9 Å². The first-order valence-corrected chi connectivity index (χ1v) is 7.32. The molecule has 0 saturated heterocycles. The van der Waals surface area contributed by atoms with Gasteiger partial charge < -0.3 is 4.74 Å². The lowest BCUT2D eigenvalue weighted by Crippen LogP contribution is -2.26. The molecule has 0 saturated carbocycles. The minimum atomic E-state index is -3.79. The zero-order valence-electron chi connectivity index (χ0n) is 10.7. The van der Waals surface area contributed by atoms with Gasteiger partial charge >= 0.3 is 5.97 Å². The fourth-order valence-electron chi connectivity index (χ4n) is 1.36. The largest absolute Gasteiger partial charge is 0.462 e. The highest BCUT2D eigenvalue weighted by molar-refractivity contribution is 7.89. The number of ether oxygens (including phenoxy) is 1. The Kier molecular flexibility index (Phi) is 5.71. The fourth-order valence-corrected chi connectivity index (χ4v) is 2.51. The first kappa shape index (κ1) is 15.4. The molecule has 1 aromatic heterocycles. The van der Waals surface area contributed by atoms with Crippen LogP contribution in [0.25, 0.3) is 0 Å². The third-order valence-electron chi connectivity index (χ3n) is 2.25. The van der Waals surface area contributed by atoms with E-state index < -0.39 is 16.0 Å². The molecule has 0 aliphatic rings. The number of nitrogens with zero attached hydrogens (tertiary/aromatic N) is 1. The average Bonchev–Trinajstić information content (AvgIpc) is 2.85. The average molecular weight is 287 g/mol. The van der Waals surface area contributed by atoms with E-state index >= 15 is 0 Å². The Morgan fingerprint density at radius 2 is 2.37 bits per heavy atom. The first-order valence-electron chi connectivity index (χ1n) is 5.84. The Morgan fingerprint density at radius 3 is 3.00 bits per heavy atom. The zero-order valence-corrected chi connectivity index (χ0v) is 11.5. The number of H-pyrrole nitrogens is 1. The van der Waals surface area contributed by atoms with Crippen LogP contribution >= 0.6 is 0 Å².